The van der Waals surface area contributed by atoms with Crippen molar-refractivity contribution < 1.29 is 13.5 Å². The predicted octanol–water partition coefficient (Wildman–Crippen LogP) is 2.63. The van der Waals surface area contributed by atoms with E-state index in [1.54, 1.807) is 29.9 Å². The zero-order valence-electron chi connectivity index (χ0n) is 16.5. The molecule has 1 aliphatic rings. The molecule has 2 aromatic rings. The molecule has 2 N–H and O–H groups in total. The third-order valence-electron chi connectivity index (χ3n) is 4.64. The average Bonchev–Trinajstić information content (AvgIpc) is 3.30. The Morgan fingerprint density at radius 1 is 1.38 bits per heavy atom. The summed E-state index contributed by atoms with van der Waals surface area (Å²) in [5, 5.41) is 10.9. The highest BCUT2D eigenvalue weighted by Gasteiger charge is 2.26. The Labute approximate surface area is 186 Å². The van der Waals surface area contributed by atoms with Gasteiger partial charge in [0.05, 0.1) is 11.9 Å². The summed E-state index contributed by atoms with van der Waals surface area (Å²) in [6, 6.07) is 7.07. The van der Waals surface area contributed by atoms with Crippen molar-refractivity contribution in [2.75, 3.05) is 31.6 Å². The number of alkyl halides is 2. The molecule has 0 aliphatic carbocycles. The maximum Gasteiger partial charge on any atom is 0.387 e. The summed E-state index contributed by atoms with van der Waals surface area (Å²) in [5.74, 6) is 0.935. The Morgan fingerprint density at radius 2 is 2.17 bits per heavy atom. The molecule has 1 unspecified atom stereocenters. The first-order valence-electron chi connectivity index (χ1n) is 9.28. The number of ether oxygens (including phenoxy) is 1. The second kappa shape index (κ2) is 11.2. The van der Waals surface area contributed by atoms with Gasteiger partial charge in [0.25, 0.3) is 0 Å². The molecule has 1 fully saturated rings. The summed E-state index contributed by atoms with van der Waals surface area (Å²) in [6.45, 7) is -0.645. The Bertz CT molecular complexity index is 801. The van der Waals surface area contributed by atoms with Gasteiger partial charge in [-0.2, -0.15) is 13.9 Å². The highest BCUT2D eigenvalue weighted by molar-refractivity contribution is 14.0. The number of para-hydroxylation sites is 2. The number of rotatable bonds is 7. The highest BCUT2D eigenvalue weighted by Crippen LogP contribution is 2.31. The number of nitrogens with zero attached hydrogens (tertiary/aromatic N) is 4. The van der Waals surface area contributed by atoms with Gasteiger partial charge in [0.1, 0.15) is 5.75 Å². The van der Waals surface area contributed by atoms with Crippen molar-refractivity contribution >= 4 is 35.6 Å². The van der Waals surface area contributed by atoms with Crippen molar-refractivity contribution in [1.29, 1.82) is 0 Å². The van der Waals surface area contributed by atoms with Crippen LogP contribution in [0.5, 0.6) is 5.75 Å². The lowest BCUT2D eigenvalue weighted by atomic mass is 10.2. The largest absolute Gasteiger partial charge is 0.433 e. The van der Waals surface area contributed by atoms with Crippen molar-refractivity contribution in [3.8, 4) is 5.75 Å². The quantitative estimate of drug-likeness (QED) is 0.334. The molecule has 0 amide bonds. The molecule has 0 spiro atoms. The van der Waals surface area contributed by atoms with E-state index in [1.165, 1.54) is 0 Å². The molecule has 1 saturated heterocycles. The van der Waals surface area contributed by atoms with Crippen LogP contribution in [0.25, 0.3) is 0 Å². The zero-order valence-corrected chi connectivity index (χ0v) is 18.8. The molecule has 3 rings (SSSR count). The Morgan fingerprint density at radius 3 is 2.86 bits per heavy atom. The Kier molecular flexibility index (Phi) is 8.93. The molecule has 10 heteroatoms. The van der Waals surface area contributed by atoms with Crippen LogP contribution in [0.15, 0.2) is 41.7 Å². The number of anilines is 1. The van der Waals surface area contributed by atoms with Gasteiger partial charge in [0.15, 0.2) is 5.96 Å². The van der Waals surface area contributed by atoms with Crippen molar-refractivity contribution in [2.45, 2.75) is 25.5 Å². The molecule has 0 saturated carbocycles. The molecule has 2 heterocycles. The van der Waals surface area contributed by atoms with E-state index < -0.39 is 6.61 Å². The molecule has 7 nitrogen and oxygen atoms in total. The second-order valence-corrected chi connectivity index (χ2v) is 6.69. The zero-order chi connectivity index (χ0) is 19.9. The van der Waals surface area contributed by atoms with Gasteiger partial charge in [-0.3, -0.25) is 9.67 Å². The molecular formula is C19H27F2IN6O. The van der Waals surface area contributed by atoms with E-state index in [-0.39, 0.29) is 35.8 Å². The van der Waals surface area contributed by atoms with Gasteiger partial charge in [-0.15, -0.1) is 24.0 Å². The molecule has 0 radical (unpaired) electrons. The molecule has 160 valence electrons. The first-order chi connectivity index (χ1) is 13.5. The van der Waals surface area contributed by atoms with E-state index in [2.05, 4.69) is 30.4 Å². The fourth-order valence-corrected chi connectivity index (χ4v) is 3.33. The van der Waals surface area contributed by atoms with E-state index >= 15 is 0 Å². The Balaban J connectivity index is 0.00000300. The standard InChI is InChI=1S/C19H26F2N6O.HI/c1-22-19(23-9-7-14-11-24-26(2)12-14)25-15-8-10-27(13-15)16-5-3-4-6-17(16)28-18(20)21;/h3-6,11-12,15,18H,7-10,13H2,1-2H3,(H2,22,23,25);1H. The predicted molar refractivity (Wildman–Crippen MR) is 121 cm³/mol. The number of halogens is 3. The maximum atomic E-state index is 12.6. The number of hydrogen-bond donors (Lipinski definition) is 2. The number of aryl methyl sites for hydroxylation is 1. The van der Waals surface area contributed by atoms with Gasteiger partial charge >= 0.3 is 6.61 Å². The lowest BCUT2D eigenvalue weighted by Gasteiger charge is -2.22. The number of guanidine groups is 1. The second-order valence-electron chi connectivity index (χ2n) is 6.69. The Hall–Kier alpha value is -2.11. The maximum absolute atomic E-state index is 12.6. The minimum absolute atomic E-state index is 0. The fourth-order valence-electron chi connectivity index (χ4n) is 3.33. The van der Waals surface area contributed by atoms with E-state index in [0.29, 0.717) is 12.2 Å². The highest BCUT2D eigenvalue weighted by atomic mass is 127. The monoisotopic (exact) mass is 520 g/mol. The number of benzene rings is 1. The van der Waals surface area contributed by atoms with Gasteiger partial charge in [0.2, 0.25) is 0 Å². The van der Waals surface area contributed by atoms with Crippen LogP contribution >= 0.6 is 24.0 Å². The van der Waals surface area contributed by atoms with E-state index in [9.17, 15) is 8.78 Å². The fraction of sp³-hybridized carbons (Fsp3) is 0.474. The third kappa shape index (κ3) is 6.72. The summed E-state index contributed by atoms with van der Waals surface area (Å²) in [7, 11) is 3.63. The van der Waals surface area contributed by atoms with Crippen LogP contribution in [-0.2, 0) is 13.5 Å². The summed E-state index contributed by atoms with van der Waals surface area (Å²) in [6.07, 6.45) is 5.58. The summed E-state index contributed by atoms with van der Waals surface area (Å²) >= 11 is 0. The lowest BCUT2D eigenvalue weighted by molar-refractivity contribution is -0.0495. The lowest BCUT2D eigenvalue weighted by Crippen LogP contribution is -2.45. The average molecular weight is 520 g/mol. The summed E-state index contributed by atoms with van der Waals surface area (Å²) in [5.41, 5.74) is 1.85. The van der Waals surface area contributed by atoms with Gasteiger partial charge in [-0.1, -0.05) is 12.1 Å². The summed E-state index contributed by atoms with van der Waals surface area (Å²) in [4.78, 5) is 6.33. The van der Waals surface area contributed by atoms with Gasteiger partial charge < -0.3 is 20.3 Å². The van der Waals surface area contributed by atoms with Crippen LogP contribution in [0.4, 0.5) is 14.5 Å². The number of aromatic nitrogens is 2. The topological polar surface area (TPSA) is 66.7 Å². The number of aliphatic imine (C=N–C) groups is 1. The minimum Gasteiger partial charge on any atom is -0.433 e. The van der Waals surface area contributed by atoms with Crippen molar-refractivity contribution in [1.82, 2.24) is 20.4 Å². The first kappa shape index (κ1) is 23.2. The molecule has 1 atom stereocenters. The van der Waals surface area contributed by atoms with Crippen LogP contribution in [0, 0.1) is 0 Å². The van der Waals surface area contributed by atoms with Crippen LogP contribution in [0.1, 0.15) is 12.0 Å². The van der Waals surface area contributed by atoms with Crippen LogP contribution in [0.3, 0.4) is 0 Å². The molecular weight excluding hydrogens is 493 g/mol. The van der Waals surface area contributed by atoms with E-state index in [0.717, 1.165) is 37.5 Å². The molecule has 1 aromatic carbocycles. The summed E-state index contributed by atoms with van der Waals surface area (Å²) < 4.78 is 31.7. The van der Waals surface area contributed by atoms with Crippen molar-refractivity contribution in [2.24, 2.45) is 12.0 Å². The molecule has 29 heavy (non-hydrogen) atoms. The van der Waals surface area contributed by atoms with Crippen LogP contribution in [-0.4, -0.2) is 55.1 Å². The minimum atomic E-state index is -2.83. The van der Waals surface area contributed by atoms with Gasteiger partial charge in [-0.05, 0) is 30.5 Å². The first-order valence-corrected chi connectivity index (χ1v) is 9.28. The number of hydrogen-bond acceptors (Lipinski definition) is 4. The molecule has 1 aromatic heterocycles. The SMILES string of the molecule is CN=C(NCCc1cnn(C)c1)NC1CCN(c2ccccc2OC(F)F)C1.I. The van der Waals surface area contributed by atoms with Gasteiger partial charge in [-0.25, -0.2) is 0 Å². The molecule has 1 aliphatic heterocycles. The van der Waals surface area contributed by atoms with Crippen LogP contribution < -0.4 is 20.3 Å². The van der Waals surface area contributed by atoms with Crippen molar-refractivity contribution in [3.63, 3.8) is 0 Å². The van der Waals surface area contributed by atoms with Crippen molar-refractivity contribution in [3.05, 3.63) is 42.2 Å². The normalized spacial score (nSPS) is 16.7. The number of nitrogens with one attached hydrogen (secondary N) is 2. The van der Waals surface area contributed by atoms with E-state index in [1.807, 2.05) is 25.5 Å². The van der Waals surface area contributed by atoms with Crippen LogP contribution in [0.2, 0.25) is 0 Å². The smallest absolute Gasteiger partial charge is 0.387 e. The van der Waals surface area contributed by atoms with E-state index in [4.69, 9.17) is 0 Å². The van der Waals surface area contributed by atoms with Gasteiger partial charge in [0, 0.05) is 46.0 Å². The molecule has 0 bridgehead atoms. The third-order valence-corrected chi connectivity index (χ3v) is 4.64.